The zero-order valence-corrected chi connectivity index (χ0v) is 18.7. The molecule has 33 heavy (non-hydrogen) atoms. The molecule has 3 saturated carbocycles. The smallest absolute Gasteiger partial charge is 0.443 e. The van der Waals surface area contributed by atoms with Crippen molar-refractivity contribution in [1.29, 1.82) is 0 Å². The van der Waals surface area contributed by atoms with E-state index in [1.807, 2.05) is 0 Å². The Labute approximate surface area is 189 Å². The van der Waals surface area contributed by atoms with Gasteiger partial charge in [0, 0.05) is 23.8 Å². The zero-order valence-electron chi connectivity index (χ0n) is 18.7. The minimum absolute atomic E-state index is 0.101. The molecular weight excluding hydrogens is 445 g/mol. The first-order valence-electron chi connectivity index (χ1n) is 11.5. The number of aliphatic hydroxyl groups is 1. The molecular formula is C23H29F3O7. The topological polar surface area (TPSA) is 91.3 Å². The average Bonchev–Trinajstić information content (AvgIpc) is 3.47. The van der Waals surface area contributed by atoms with E-state index < -0.39 is 65.8 Å². The first-order valence-corrected chi connectivity index (χ1v) is 11.5. The normalized spacial score (nSPS) is 45.5. The maximum Gasteiger partial charge on any atom is 0.443 e. The van der Waals surface area contributed by atoms with Crippen molar-refractivity contribution < 1.29 is 46.8 Å². The monoisotopic (exact) mass is 474 g/mol. The highest BCUT2D eigenvalue weighted by atomic mass is 19.4. The Morgan fingerprint density at radius 3 is 2.52 bits per heavy atom. The number of rotatable bonds is 5. The molecule has 0 amide bonds. The molecule has 5 fully saturated rings. The van der Waals surface area contributed by atoms with E-state index in [0.717, 1.165) is 12.8 Å². The van der Waals surface area contributed by atoms with Crippen LogP contribution in [0.1, 0.15) is 58.8 Å². The summed E-state index contributed by atoms with van der Waals surface area (Å²) in [7, 11) is 0. The molecule has 0 aromatic carbocycles. The number of carbonyl (C=O) groups is 2. The lowest BCUT2D eigenvalue weighted by Gasteiger charge is -2.49. The maximum absolute atomic E-state index is 13.4. The second-order valence-corrected chi connectivity index (χ2v) is 10.8. The van der Waals surface area contributed by atoms with Crippen LogP contribution in [0.15, 0.2) is 12.2 Å². The summed E-state index contributed by atoms with van der Waals surface area (Å²) in [5, 5.41) is 10.1. The molecule has 184 valence electrons. The number of ether oxygens (including phenoxy) is 4. The first-order chi connectivity index (χ1) is 15.3. The van der Waals surface area contributed by atoms with Crippen molar-refractivity contribution in [2.75, 3.05) is 6.61 Å². The van der Waals surface area contributed by atoms with Gasteiger partial charge in [0.05, 0.1) is 17.8 Å². The van der Waals surface area contributed by atoms with Crippen LogP contribution in [0, 0.1) is 17.3 Å². The Morgan fingerprint density at radius 2 is 1.94 bits per heavy atom. The maximum atomic E-state index is 13.4. The van der Waals surface area contributed by atoms with Gasteiger partial charge in [0.25, 0.3) is 5.79 Å². The van der Waals surface area contributed by atoms with Gasteiger partial charge < -0.3 is 24.1 Å². The number of halogens is 3. The van der Waals surface area contributed by atoms with Crippen LogP contribution < -0.4 is 0 Å². The molecule has 0 radical (unpaired) electrons. The quantitative estimate of drug-likeness (QED) is 0.483. The van der Waals surface area contributed by atoms with E-state index in [9.17, 15) is 27.9 Å². The lowest BCUT2D eigenvalue weighted by atomic mass is 9.61. The van der Waals surface area contributed by atoms with Crippen molar-refractivity contribution >= 4 is 11.9 Å². The third-order valence-electron chi connectivity index (χ3n) is 8.50. The predicted octanol–water partition coefficient (Wildman–Crippen LogP) is 3.19. The molecule has 7 atom stereocenters. The molecule has 2 heterocycles. The molecule has 0 aromatic heterocycles. The van der Waals surface area contributed by atoms with Gasteiger partial charge in [-0.05, 0) is 39.5 Å². The summed E-state index contributed by atoms with van der Waals surface area (Å²) in [6.07, 6.45) is -3.32. The molecule has 0 spiro atoms. The van der Waals surface area contributed by atoms with Crippen molar-refractivity contribution in [2.45, 2.75) is 94.2 Å². The third kappa shape index (κ3) is 3.06. The van der Waals surface area contributed by atoms with E-state index in [4.69, 9.17) is 18.9 Å². The number of hydrogen-bond donors (Lipinski definition) is 1. The van der Waals surface area contributed by atoms with Crippen molar-refractivity contribution in [3.63, 3.8) is 0 Å². The van der Waals surface area contributed by atoms with E-state index in [1.54, 1.807) is 6.92 Å². The second kappa shape index (κ2) is 6.95. The number of hydrogen-bond acceptors (Lipinski definition) is 7. The van der Waals surface area contributed by atoms with Gasteiger partial charge in [-0.15, -0.1) is 0 Å². The molecule has 1 N–H and O–H groups in total. The average molecular weight is 474 g/mol. The van der Waals surface area contributed by atoms with Gasteiger partial charge in [0.15, 0.2) is 0 Å². The van der Waals surface area contributed by atoms with Gasteiger partial charge >= 0.3 is 18.1 Å². The molecule has 5 rings (SSSR count). The minimum atomic E-state index is -4.96. The number of fused-ring (bicyclic) bond motifs is 1. The fourth-order valence-electron chi connectivity index (χ4n) is 7.23. The summed E-state index contributed by atoms with van der Waals surface area (Å²) in [5.41, 5.74) is -3.19. The Hall–Kier alpha value is -1.65. The predicted molar refractivity (Wildman–Crippen MR) is 105 cm³/mol. The Bertz CT molecular complexity index is 897. The number of esters is 2. The largest absolute Gasteiger partial charge is 0.458 e. The van der Waals surface area contributed by atoms with Crippen molar-refractivity contribution in [2.24, 2.45) is 17.3 Å². The summed E-state index contributed by atoms with van der Waals surface area (Å²) >= 11 is 0. The molecule has 2 bridgehead atoms. The zero-order chi connectivity index (χ0) is 24.0. The Balaban J connectivity index is 1.44. The summed E-state index contributed by atoms with van der Waals surface area (Å²) in [6, 6.07) is 0. The molecule has 10 heteroatoms. The highest BCUT2D eigenvalue weighted by molar-refractivity contribution is 5.87. The fourth-order valence-corrected chi connectivity index (χ4v) is 7.23. The van der Waals surface area contributed by atoms with Crippen LogP contribution in [-0.2, 0) is 28.5 Å². The van der Waals surface area contributed by atoms with Crippen LogP contribution in [0.25, 0.3) is 0 Å². The van der Waals surface area contributed by atoms with Crippen molar-refractivity contribution in [1.82, 2.24) is 0 Å². The van der Waals surface area contributed by atoms with Gasteiger partial charge in [0.1, 0.15) is 17.6 Å². The van der Waals surface area contributed by atoms with E-state index >= 15 is 0 Å². The molecule has 0 aromatic rings. The molecule has 5 aliphatic rings. The minimum Gasteiger partial charge on any atom is -0.458 e. The van der Waals surface area contributed by atoms with Crippen LogP contribution in [0.5, 0.6) is 0 Å². The molecule has 3 aliphatic carbocycles. The van der Waals surface area contributed by atoms with Gasteiger partial charge in [0.2, 0.25) is 0 Å². The Kier molecular flexibility index (Phi) is 4.86. The highest BCUT2D eigenvalue weighted by Gasteiger charge is 2.79. The third-order valence-corrected chi connectivity index (χ3v) is 8.50. The lowest BCUT2D eigenvalue weighted by molar-refractivity contribution is -0.349. The standard InChI is InChI=1S/C23H29F3O7/c1-12(2)17(27)31-15-13-8-14-16(15)32-18(28)21(14,9-13)20(6-4-5-7-20)33-19(3)10-22(29,30-11-19)23(24,25)26/h13-16,29H,1,4-11H2,2-3H3. The number of carbonyl (C=O) groups excluding carboxylic acids is 2. The fraction of sp³-hybridized carbons (Fsp3) is 0.826. The second-order valence-electron chi connectivity index (χ2n) is 10.8. The number of alkyl halides is 3. The first kappa shape index (κ1) is 23.1. The molecule has 2 saturated heterocycles. The molecule has 7 nitrogen and oxygen atoms in total. The molecule has 2 aliphatic heterocycles. The van der Waals surface area contributed by atoms with Crippen LogP contribution in [0.2, 0.25) is 0 Å². The van der Waals surface area contributed by atoms with E-state index in [-0.39, 0.29) is 17.4 Å². The van der Waals surface area contributed by atoms with E-state index in [2.05, 4.69) is 6.58 Å². The molecule has 7 unspecified atom stereocenters. The van der Waals surface area contributed by atoms with Crippen LogP contribution >= 0.6 is 0 Å². The summed E-state index contributed by atoms with van der Waals surface area (Å²) in [4.78, 5) is 25.5. The van der Waals surface area contributed by atoms with Crippen molar-refractivity contribution in [3.8, 4) is 0 Å². The van der Waals surface area contributed by atoms with Gasteiger partial charge in [-0.25, -0.2) is 4.79 Å². The summed E-state index contributed by atoms with van der Waals surface area (Å²) in [5.74, 6) is -4.59. The van der Waals surface area contributed by atoms with Crippen LogP contribution in [0.3, 0.4) is 0 Å². The summed E-state index contributed by atoms with van der Waals surface area (Å²) < 4.78 is 62.9. The van der Waals surface area contributed by atoms with E-state index in [1.165, 1.54) is 6.92 Å². The van der Waals surface area contributed by atoms with Crippen molar-refractivity contribution in [3.05, 3.63) is 12.2 Å². The highest BCUT2D eigenvalue weighted by Crippen LogP contribution is 2.70. The SMILES string of the molecule is C=C(C)C(=O)OC1C2CC3C1OC(=O)C3(C1(OC3(C)COC(O)(C(F)(F)F)C3)CCCC1)C2. The van der Waals surface area contributed by atoms with Gasteiger partial charge in [-0.3, -0.25) is 4.79 Å². The Morgan fingerprint density at radius 1 is 1.27 bits per heavy atom. The van der Waals surface area contributed by atoms with Gasteiger partial charge in [-0.1, -0.05) is 19.4 Å². The van der Waals surface area contributed by atoms with Crippen LogP contribution in [-0.4, -0.2) is 59.0 Å². The van der Waals surface area contributed by atoms with E-state index in [0.29, 0.717) is 25.7 Å². The van der Waals surface area contributed by atoms with Gasteiger partial charge in [-0.2, -0.15) is 13.2 Å². The van der Waals surface area contributed by atoms with Crippen LogP contribution in [0.4, 0.5) is 13.2 Å². The summed E-state index contributed by atoms with van der Waals surface area (Å²) in [6.45, 7) is 6.21. The lowest BCUT2D eigenvalue weighted by Crippen LogP contribution is -2.59.